The largest absolute Gasteiger partial charge is 0.327 e. The second-order valence-corrected chi connectivity index (χ2v) is 6.21. The zero-order chi connectivity index (χ0) is 11.0. The van der Waals surface area contributed by atoms with Crippen molar-refractivity contribution in [3.63, 3.8) is 0 Å². The Hall–Kier alpha value is -0.470. The molecular weight excluding hydrogens is 214 g/mol. The van der Waals surface area contributed by atoms with Crippen molar-refractivity contribution in [3.8, 4) is 0 Å². The van der Waals surface area contributed by atoms with Crippen LogP contribution in [-0.2, 0) is 0 Å². The zero-order valence-corrected chi connectivity index (χ0v) is 10.4. The fourth-order valence-corrected chi connectivity index (χ4v) is 4.17. The number of hydrogen-bond donors (Lipinski definition) is 1. The minimum atomic E-state index is 0.376. The van der Waals surface area contributed by atoms with Gasteiger partial charge in [-0.3, -0.25) is 0 Å². The number of benzene rings is 1. The Bertz CT molecular complexity index is 373. The molecule has 1 aliphatic carbocycles. The van der Waals surface area contributed by atoms with Gasteiger partial charge in [0.15, 0.2) is 0 Å². The molecule has 0 radical (unpaired) electrons. The first-order valence-electron chi connectivity index (χ1n) is 6.32. The van der Waals surface area contributed by atoms with Gasteiger partial charge in [0.1, 0.15) is 0 Å². The summed E-state index contributed by atoms with van der Waals surface area (Å²) < 4.78 is 0. The van der Waals surface area contributed by atoms with Crippen molar-refractivity contribution in [3.05, 3.63) is 29.8 Å². The number of thioether (sulfide) groups is 1. The first-order chi connectivity index (χ1) is 7.84. The summed E-state index contributed by atoms with van der Waals surface area (Å²) in [7, 11) is 0. The first-order valence-corrected chi connectivity index (χ1v) is 7.30. The molecular formula is C14H19NS. The maximum atomic E-state index is 6.39. The van der Waals surface area contributed by atoms with E-state index in [1.54, 1.807) is 0 Å². The molecule has 0 saturated heterocycles. The molecule has 0 bridgehead atoms. The van der Waals surface area contributed by atoms with E-state index < -0.39 is 0 Å². The van der Waals surface area contributed by atoms with Gasteiger partial charge in [-0.1, -0.05) is 37.5 Å². The van der Waals surface area contributed by atoms with Crippen LogP contribution in [0.4, 0.5) is 0 Å². The molecule has 2 unspecified atom stereocenters. The van der Waals surface area contributed by atoms with Crippen LogP contribution >= 0.6 is 11.8 Å². The zero-order valence-electron chi connectivity index (χ0n) is 9.56. The van der Waals surface area contributed by atoms with E-state index in [1.807, 2.05) is 11.8 Å². The highest BCUT2D eigenvalue weighted by atomic mass is 32.2. The van der Waals surface area contributed by atoms with E-state index in [4.69, 9.17) is 5.73 Å². The van der Waals surface area contributed by atoms with Crippen molar-refractivity contribution in [2.24, 2.45) is 11.7 Å². The van der Waals surface area contributed by atoms with E-state index in [-0.39, 0.29) is 0 Å². The summed E-state index contributed by atoms with van der Waals surface area (Å²) in [6.45, 7) is 0. The van der Waals surface area contributed by atoms with Crippen LogP contribution < -0.4 is 5.73 Å². The van der Waals surface area contributed by atoms with E-state index >= 15 is 0 Å². The van der Waals surface area contributed by atoms with Crippen LogP contribution in [0.25, 0.3) is 0 Å². The van der Waals surface area contributed by atoms with Gasteiger partial charge in [0.2, 0.25) is 0 Å². The van der Waals surface area contributed by atoms with Crippen LogP contribution in [0.2, 0.25) is 0 Å². The Kier molecular flexibility index (Phi) is 2.95. The fourth-order valence-electron chi connectivity index (χ4n) is 2.82. The Labute approximate surface area is 102 Å². The third-order valence-electron chi connectivity index (χ3n) is 4.08. The monoisotopic (exact) mass is 233 g/mol. The molecule has 86 valence electrons. The van der Waals surface area contributed by atoms with E-state index in [0.29, 0.717) is 12.0 Å². The van der Waals surface area contributed by atoms with E-state index in [9.17, 15) is 0 Å². The van der Waals surface area contributed by atoms with E-state index in [1.165, 1.54) is 41.9 Å². The van der Waals surface area contributed by atoms with Crippen molar-refractivity contribution in [2.45, 2.75) is 42.5 Å². The number of hydrogen-bond acceptors (Lipinski definition) is 2. The van der Waals surface area contributed by atoms with Gasteiger partial charge in [0.05, 0.1) is 0 Å². The highest BCUT2D eigenvalue weighted by Gasteiger charge is 2.30. The van der Waals surface area contributed by atoms with E-state index in [2.05, 4.69) is 24.3 Å². The average molecular weight is 233 g/mol. The predicted octanol–water partition coefficient (Wildman–Crippen LogP) is 3.39. The minimum Gasteiger partial charge on any atom is -0.327 e. The van der Waals surface area contributed by atoms with Crippen molar-refractivity contribution in [2.75, 3.05) is 5.75 Å². The SMILES string of the molecule is NC(CC1CCC1)C1CSc2ccccc21. The van der Waals surface area contributed by atoms with Crippen LogP contribution in [0.5, 0.6) is 0 Å². The van der Waals surface area contributed by atoms with Gasteiger partial charge in [0.25, 0.3) is 0 Å². The second kappa shape index (κ2) is 4.42. The van der Waals surface area contributed by atoms with Crippen molar-refractivity contribution in [1.29, 1.82) is 0 Å². The molecule has 1 saturated carbocycles. The van der Waals surface area contributed by atoms with E-state index in [0.717, 1.165) is 5.92 Å². The van der Waals surface area contributed by atoms with Gasteiger partial charge < -0.3 is 5.73 Å². The van der Waals surface area contributed by atoms with Crippen molar-refractivity contribution < 1.29 is 0 Å². The van der Waals surface area contributed by atoms with Gasteiger partial charge in [0, 0.05) is 22.6 Å². The van der Waals surface area contributed by atoms with Gasteiger partial charge >= 0.3 is 0 Å². The summed E-state index contributed by atoms with van der Waals surface area (Å²) in [5.74, 6) is 2.71. The Morgan fingerprint density at radius 3 is 2.88 bits per heavy atom. The van der Waals surface area contributed by atoms with Crippen LogP contribution in [0.3, 0.4) is 0 Å². The average Bonchev–Trinajstić information content (AvgIpc) is 2.67. The summed E-state index contributed by atoms with van der Waals surface area (Å²) in [5, 5.41) is 0. The third kappa shape index (κ3) is 1.89. The lowest BCUT2D eigenvalue weighted by atomic mass is 9.78. The number of fused-ring (bicyclic) bond motifs is 1. The molecule has 2 heteroatoms. The molecule has 2 aliphatic rings. The lowest BCUT2D eigenvalue weighted by molar-refractivity contribution is 0.267. The Balaban J connectivity index is 1.71. The summed E-state index contributed by atoms with van der Waals surface area (Å²) in [6.07, 6.45) is 5.48. The molecule has 3 rings (SSSR count). The fraction of sp³-hybridized carbons (Fsp3) is 0.571. The van der Waals surface area contributed by atoms with Gasteiger partial charge in [-0.05, 0) is 24.0 Å². The molecule has 1 nitrogen and oxygen atoms in total. The Morgan fingerprint density at radius 2 is 2.12 bits per heavy atom. The molecule has 1 aromatic rings. The van der Waals surface area contributed by atoms with Crippen LogP contribution in [-0.4, -0.2) is 11.8 Å². The maximum Gasteiger partial charge on any atom is 0.0119 e. The first kappa shape index (κ1) is 10.7. The van der Waals surface area contributed by atoms with Crippen LogP contribution in [0.1, 0.15) is 37.2 Å². The summed E-state index contributed by atoms with van der Waals surface area (Å²) >= 11 is 1.98. The standard InChI is InChI=1S/C14H19NS/c15-13(8-10-4-3-5-10)12-9-16-14-7-2-1-6-11(12)14/h1-2,6-7,10,12-13H,3-5,8-9,15H2. The smallest absolute Gasteiger partial charge is 0.0119 e. The summed E-state index contributed by atoms with van der Waals surface area (Å²) in [6, 6.07) is 9.15. The predicted molar refractivity (Wildman–Crippen MR) is 69.8 cm³/mol. The molecule has 1 heterocycles. The second-order valence-electron chi connectivity index (χ2n) is 5.15. The molecule has 1 fully saturated rings. The molecule has 16 heavy (non-hydrogen) atoms. The summed E-state index contributed by atoms with van der Waals surface area (Å²) in [4.78, 5) is 1.46. The highest BCUT2D eigenvalue weighted by Crippen LogP contribution is 2.43. The third-order valence-corrected chi connectivity index (χ3v) is 5.29. The molecule has 0 amide bonds. The number of nitrogens with two attached hydrogens (primary N) is 1. The normalized spacial score (nSPS) is 26.2. The lowest BCUT2D eigenvalue weighted by Crippen LogP contribution is -2.32. The molecule has 2 N–H and O–H groups in total. The molecule has 1 aliphatic heterocycles. The van der Waals surface area contributed by atoms with Crippen LogP contribution in [0.15, 0.2) is 29.2 Å². The minimum absolute atomic E-state index is 0.376. The van der Waals surface area contributed by atoms with Crippen LogP contribution in [0, 0.1) is 5.92 Å². The lowest BCUT2D eigenvalue weighted by Gasteiger charge is -2.30. The molecule has 0 spiro atoms. The summed E-state index contributed by atoms with van der Waals surface area (Å²) in [5.41, 5.74) is 7.89. The van der Waals surface area contributed by atoms with Gasteiger partial charge in [-0.25, -0.2) is 0 Å². The quantitative estimate of drug-likeness (QED) is 0.866. The number of rotatable bonds is 3. The Morgan fingerprint density at radius 1 is 1.31 bits per heavy atom. The van der Waals surface area contributed by atoms with Gasteiger partial charge in [-0.15, -0.1) is 11.8 Å². The molecule has 0 aromatic heterocycles. The van der Waals surface area contributed by atoms with Gasteiger partial charge in [-0.2, -0.15) is 0 Å². The topological polar surface area (TPSA) is 26.0 Å². The van der Waals surface area contributed by atoms with Crippen molar-refractivity contribution in [1.82, 2.24) is 0 Å². The highest BCUT2D eigenvalue weighted by molar-refractivity contribution is 7.99. The maximum absolute atomic E-state index is 6.39. The molecule has 1 aromatic carbocycles. The van der Waals surface area contributed by atoms with Crippen molar-refractivity contribution >= 4 is 11.8 Å². The molecule has 2 atom stereocenters.